The molecule has 3 rings (SSSR count). The molecular weight excluding hydrogens is 348 g/mol. The van der Waals surface area contributed by atoms with Crippen LogP contribution >= 0.6 is 17.0 Å². The number of carbonyl (C=O) groups excluding carboxylic acids is 1. The number of amides is 1. The van der Waals surface area contributed by atoms with Crippen LogP contribution in [-0.4, -0.2) is 21.3 Å². The van der Waals surface area contributed by atoms with E-state index in [1.165, 1.54) is 27.9 Å². The van der Waals surface area contributed by atoms with Gasteiger partial charge < -0.3 is 4.57 Å². The van der Waals surface area contributed by atoms with Crippen LogP contribution in [0, 0.1) is 5.41 Å². The molecule has 1 aliphatic rings. The number of rotatable bonds is 2. The Morgan fingerprint density at radius 3 is 2.64 bits per heavy atom. The monoisotopic (exact) mass is 362 g/mol. The van der Waals surface area contributed by atoms with Crippen molar-refractivity contribution < 1.29 is 4.79 Å². The van der Waals surface area contributed by atoms with Crippen molar-refractivity contribution in [3.8, 4) is 0 Å². The zero-order valence-corrected chi connectivity index (χ0v) is 13.6. The molecule has 1 aromatic heterocycles. The van der Waals surface area contributed by atoms with Crippen molar-refractivity contribution in [3.63, 3.8) is 0 Å². The molecule has 0 radical (unpaired) electrons. The number of carbonyl (C=O) groups is 1. The molecular formula is C15H15BrN4O2. The number of halogens is 1. The summed E-state index contributed by atoms with van der Waals surface area (Å²) in [7, 11) is 1.59. The predicted molar refractivity (Wildman–Crippen MR) is 88.3 cm³/mol. The second-order valence-electron chi connectivity index (χ2n) is 4.90. The van der Waals surface area contributed by atoms with E-state index in [2.05, 4.69) is 5.43 Å². The Morgan fingerprint density at radius 1 is 1.23 bits per heavy atom. The molecule has 1 aromatic carbocycles. The molecule has 2 aromatic rings. The number of hydrogen-bond donors (Lipinski definition) is 2. The summed E-state index contributed by atoms with van der Waals surface area (Å²) in [5.41, 5.74) is 4.72. The fourth-order valence-corrected chi connectivity index (χ4v) is 2.29. The Bertz CT molecular complexity index is 800. The van der Waals surface area contributed by atoms with Gasteiger partial charge in [-0.25, -0.2) is 0 Å². The summed E-state index contributed by atoms with van der Waals surface area (Å²) in [5, 5.41) is 9.57. The minimum atomic E-state index is -0.344. The van der Waals surface area contributed by atoms with Gasteiger partial charge >= 0.3 is 0 Å². The summed E-state index contributed by atoms with van der Waals surface area (Å²) >= 11 is 0. The number of fused-ring (bicyclic) bond motifs is 1. The van der Waals surface area contributed by atoms with Gasteiger partial charge in [0.2, 0.25) is 5.56 Å². The second kappa shape index (κ2) is 6.15. The topological polar surface area (TPSA) is 78.2 Å². The van der Waals surface area contributed by atoms with E-state index in [1.807, 2.05) is 24.3 Å². The van der Waals surface area contributed by atoms with Crippen molar-refractivity contribution in [1.29, 1.82) is 5.41 Å². The molecule has 0 fully saturated rings. The zero-order chi connectivity index (χ0) is 15.0. The summed E-state index contributed by atoms with van der Waals surface area (Å²) in [5.74, 6) is -0.0769. The molecule has 1 amide bonds. The molecule has 0 aliphatic carbocycles. The van der Waals surface area contributed by atoms with Crippen LogP contribution in [0.5, 0.6) is 0 Å². The van der Waals surface area contributed by atoms with E-state index < -0.39 is 0 Å². The third-order valence-electron chi connectivity index (χ3n) is 3.46. The molecule has 0 spiro atoms. The highest BCUT2D eigenvalue weighted by atomic mass is 79.9. The Labute approximate surface area is 137 Å². The summed E-state index contributed by atoms with van der Waals surface area (Å²) in [6.45, 7) is 0.465. The lowest BCUT2D eigenvalue weighted by atomic mass is 10.1. The van der Waals surface area contributed by atoms with Gasteiger partial charge in [0.05, 0.1) is 12.1 Å². The first-order valence-corrected chi connectivity index (χ1v) is 6.48. The van der Waals surface area contributed by atoms with Gasteiger partial charge in [0.25, 0.3) is 5.91 Å². The highest BCUT2D eigenvalue weighted by Gasteiger charge is 2.25. The molecule has 2 N–H and O–H groups in total. The number of amidine groups is 1. The molecule has 0 saturated heterocycles. The van der Waals surface area contributed by atoms with Gasteiger partial charge in [0.1, 0.15) is 5.84 Å². The van der Waals surface area contributed by atoms with E-state index in [-0.39, 0.29) is 34.3 Å². The Hall–Kier alpha value is -2.41. The van der Waals surface area contributed by atoms with Crippen LogP contribution in [0.25, 0.3) is 0 Å². The number of pyridine rings is 1. The summed E-state index contributed by atoms with van der Waals surface area (Å²) in [6.07, 6.45) is 1.48. The molecule has 114 valence electrons. The molecule has 2 heterocycles. The van der Waals surface area contributed by atoms with Gasteiger partial charge in [-0.2, -0.15) is 0 Å². The third kappa shape index (κ3) is 2.80. The lowest BCUT2D eigenvalue weighted by Gasteiger charge is -2.19. The number of aryl methyl sites for hydroxylation is 1. The largest absolute Gasteiger partial charge is 0.318 e. The van der Waals surface area contributed by atoms with Crippen LogP contribution in [0.2, 0.25) is 0 Å². The number of nitrogens with one attached hydrogen (secondary N) is 2. The van der Waals surface area contributed by atoms with Gasteiger partial charge in [-0.15, -0.1) is 17.0 Å². The highest BCUT2D eigenvalue weighted by molar-refractivity contribution is 8.93. The zero-order valence-electron chi connectivity index (χ0n) is 11.9. The fraction of sp³-hybridized carbons (Fsp3) is 0.133. The summed E-state index contributed by atoms with van der Waals surface area (Å²) in [6, 6.07) is 10.4. The van der Waals surface area contributed by atoms with Gasteiger partial charge in [-0.1, -0.05) is 24.3 Å². The number of hydrogen-bond acceptors (Lipinski definition) is 3. The van der Waals surface area contributed by atoms with Crippen molar-refractivity contribution in [2.45, 2.75) is 6.54 Å². The first-order valence-electron chi connectivity index (χ1n) is 6.48. The minimum Gasteiger partial charge on any atom is -0.318 e. The normalized spacial score (nSPS) is 12.6. The number of hydrazine groups is 1. The summed E-state index contributed by atoms with van der Waals surface area (Å²) < 4.78 is 1.35. The number of aromatic nitrogens is 1. The van der Waals surface area contributed by atoms with Crippen LogP contribution in [-0.2, 0) is 13.6 Å². The van der Waals surface area contributed by atoms with Gasteiger partial charge in [-0.05, 0) is 11.6 Å². The lowest BCUT2D eigenvalue weighted by molar-refractivity contribution is 0.0868. The van der Waals surface area contributed by atoms with Crippen molar-refractivity contribution in [3.05, 3.63) is 69.6 Å². The van der Waals surface area contributed by atoms with E-state index in [1.54, 1.807) is 7.05 Å². The van der Waals surface area contributed by atoms with Crippen LogP contribution < -0.4 is 11.0 Å². The van der Waals surface area contributed by atoms with Gasteiger partial charge in [-0.3, -0.25) is 25.4 Å². The molecule has 22 heavy (non-hydrogen) atoms. The Balaban J connectivity index is 0.00000176. The fourth-order valence-electron chi connectivity index (χ4n) is 2.29. The summed E-state index contributed by atoms with van der Waals surface area (Å²) in [4.78, 5) is 23.5. The van der Waals surface area contributed by atoms with E-state index in [0.29, 0.717) is 12.1 Å². The number of benzene rings is 1. The van der Waals surface area contributed by atoms with Crippen molar-refractivity contribution >= 4 is 28.7 Å². The molecule has 0 bridgehead atoms. The average molecular weight is 363 g/mol. The average Bonchev–Trinajstić information content (AvgIpc) is 2.79. The molecule has 0 unspecified atom stereocenters. The van der Waals surface area contributed by atoms with E-state index >= 15 is 0 Å². The maximum atomic E-state index is 12.2. The number of nitrogens with zero attached hydrogens (tertiary/aromatic N) is 2. The lowest BCUT2D eigenvalue weighted by Crippen LogP contribution is -2.42. The first kappa shape index (κ1) is 16.0. The van der Waals surface area contributed by atoms with Crippen LogP contribution in [0.4, 0.5) is 0 Å². The van der Waals surface area contributed by atoms with Crippen LogP contribution in [0.1, 0.15) is 21.5 Å². The molecule has 0 saturated carbocycles. The third-order valence-corrected chi connectivity index (χ3v) is 3.46. The van der Waals surface area contributed by atoms with Crippen LogP contribution in [0.15, 0.2) is 47.4 Å². The highest BCUT2D eigenvalue weighted by Crippen LogP contribution is 2.20. The van der Waals surface area contributed by atoms with E-state index in [4.69, 9.17) is 5.41 Å². The van der Waals surface area contributed by atoms with Gasteiger partial charge in [0.15, 0.2) is 0 Å². The second-order valence-corrected chi connectivity index (χ2v) is 4.90. The van der Waals surface area contributed by atoms with Crippen molar-refractivity contribution in [2.24, 2.45) is 7.05 Å². The Morgan fingerprint density at radius 2 is 1.95 bits per heavy atom. The molecule has 1 aliphatic heterocycles. The molecule has 6 nitrogen and oxygen atoms in total. The SMILES string of the molecule is Br.Cn1cc(C(=O)NN2Cc3ccccc3C2=N)ccc1=O. The smallest absolute Gasteiger partial charge is 0.271 e. The van der Waals surface area contributed by atoms with Gasteiger partial charge in [0, 0.05) is 24.9 Å². The van der Waals surface area contributed by atoms with Crippen LogP contribution in [0.3, 0.4) is 0 Å². The van der Waals surface area contributed by atoms with E-state index in [9.17, 15) is 9.59 Å². The Kier molecular flexibility index (Phi) is 4.46. The molecule has 7 heteroatoms. The predicted octanol–water partition coefficient (Wildman–Crippen LogP) is 1.45. The minimum absolute atomic E-state index is 0. The first-order chi connectivity index (χ1) is 10.1. The molecule has 0 atom stereocenters. The standard InChI is InChI=1S/C15H14N4O2.BrH/c1-18-8-11(6-7-13(18)20)15(21)17-19-9-10-4-2-3-5-12(10)14(19)16;/h2-8,16H,9H2,1H3,(H,17,21);1H. The van der Waals surface area contributed by atoms with E-state index in [0.717, 1.165) is 11.1 Å². The van der Waals surface area contributed by atoms with Crippen molar-refractivity contribution in [2.75, 3.05) is 0 Å². The maximum Gasteiger partial charge on any atom is 0.271 e. The quantitative estimate of drug-likeness (QED) is 0.848. The maximum absolute atomic E-state index is 12.2. The van der Waals surface area contributed by atoms with Crippen molar-refractivity contribution in [1.82, 2.24) is 15.0 Å².